The number of benzene rings is 3. The lowest BCUT2D eigenvalue weighted by Gasteiger charge is -2.17. The van der Waals surface area contributed by atoms with E-state index in [1.54, 1.807) is 0 Å². The fourth-order valence-electron chi connectivity index (χ4n) is 4.45. The van der Waals surface area contributed by atoms with Gasteiger partial charge in [-0.3, -0.25) is 9.59 Å². The number of aryl methyl sites for hydroxylation is 6. The Hall–Kier alpha value is -4.46. The van der Waals surface area contributed by atoms with Gasteiger partial charge in [-0.2, -0.15) is 0 Å². The van der Waals surface area contributed by atoms with Crippen LogP contribution >= 0.6 is 0 Å². The molecular weight excluding hydrogens is 460 g/mol. The third kappa shape index (κ3) is 5.27. The first-order valence-electron chi connectivity index (χ1n) is 11.2. The molecule has 0 unspecified atom stereocenters. The van der Waals surface area contributed by atoms with Crippen molar-refractivity contribution in [2.45, 2.75) is 41.5 Å². The summed E-state index contributed by atoms with van der Waals surface area (Å²) in [6, 6.07) is 9.37. The van der Waals surface area contributed by atoms with Gasteiger partial charge in [0.1, 0.15) is 0 Å². The molecule has 0 fully saturated rings. The number of rotatable bonds is 6. The van der Waals surface area contributed by atoms with Crippen LogP contribution in [0.25, 0.3) is 0 Å². The molecule has 0 saturated heterocycles. The molecule has 0 aliphatic heterocycles. The topological polar surface area (TPSA) is 133 Å². The third-order valence-electron chi connectivity index (χ3n) is 5.94. The van der Waals surface area contributed by atoms with E-state index >= 15 is 0 Å². The standard InChI is InChI=1S/C28H28N2O6/c1-13-7-15(3)23(16(4)8-13)29-25(31)19-11-20(22(28(35)36)12-21(19)27(33)34)26(32)30-24-17(5)9-14(2)10-18(24)6/h7-12H,1-6H3,(H,29,31)(H,30,32)(H,33,34)(H,35,36). The van der Waals surface area contributed by atoms with E-state index in [1.165, 1.54) is 0 Å². The number of carboxylic acid groups (broad SMARTS) is 2. The maximum absolute atomic E-state index is 13.2. The van der Waals surface area contributed by atoms with E-state index in [4.69, 9.17) is 0 Å². The molecule has 4 N–H and O–H groups in total. The second kappa shape index (κ2) is 10.0. The van der Waals surface area contributed by atoms with Crippen molar-refractivity contribution in [3.63, 3.8) is 0 Å². The van der Waals surface area contributed by atoms with Gasteiger partial charge in [0.05, 0.1) is 22.3 Å². The number of nitrogens with one attached hydrogen (secondary N) is 2. The van der Waals surface area contributed by atoms with Crippen LogP contribution in [0.3, 0.4) is 0 Å². The molecule has 0 saturated carbocycles. The van der Waals surface area contributed by atoms with E-state index in [-0.39, 0.29) is 11.1 Å². The van der Waals surface area contributed by atoms with Crippen LogP contribution in [0.15, 0.2) is 36.4 Å². The number of hydrogen-bond acceptors (Lipinski definition) is 4. The zero-order chi connectivity index (χ0) is 26.9. The molecule has 186 valence electrons. The first-order chi connectivity index (χ1) is 16.8. The summed E-state index contributed by atoms with van der Waals surface area (Å²) in [5.41, 5.74) is 4.46. The first-order valence-corrected chi connectivity index (χ1v) is 11.2. The van der Waals surface area contributed by atoms with Crippen molar-refractivity contribution >= 4 is 35.1 Å². The molecular formula is C28H28N2O6. The predicted molar refractivity (Wildman–Crippen MR) is 138 cm³/mol. The quantitative estimate of drug-likeness (QED) is 0.365. The normalized spacial score (nSPS) is 10.6. The highest BCUT2D eigenvalue weighted by atomic mass is 16.4. The number of carbonyl (C=O) groups is 4. The number of carboxylic acids is 2. The molecule has 0 aliphatic rings. The minimum absolute atomic E-state index is 0.325. The molecule has 2 amide bonds. The molecule has 0 aromatic heterocycles. The van der Waals surface area contributed by atoms with E-state index in [1.807, 2.05) is 65.8 Å². The largest absolute Gasteiger partial charge is 0.478 e. The molecule has 0 heterocycles. The van der Waals surface area contributed by atoms with Gasteiger partial charge in [-0.15, -0.1) is 0 Å². The van der Waals surface area contributed by atoms with Gasteiger partial charge in [-0.25, -0.2) is 9.59 Å². The fraction of sp³-hybridized carbons (Fsp3) is 0.214. The van der Waals surface area contributed by atoms with Crippen LogP contribution in [0.1, 0.15) is 74.8 Å². The Morgan fingerprint density at radius 2 is 0.778 bits per heavy atom. The van der Waals surface area contributed by atoms with Crippen molar-refractivity contribution in [1.29, 1.82) is 0 Å². The summed E-state index contributed by atoms with van der Waals surface area (Å²) in [4.78, 5) is 50.4. The lowest BCUT2D eigenvalue weighted by atomic mass is 9.96. The molecule has 0 spiro atoms. The molecule has 0 radical (unpaired) electrons. The lowest BCUT2D eigenvalue weighted by molar-refractivity contribution is 0.0690. The van der Waals surface area contributed by atoms with E-state index in [0.717, 1.165) is 45.5 Å². The Morgan fingerprint density at radius 1 is 0.500 bits per heavy atom. The monoisotopic (exact) mass is 488 g/mol. The highest BCUT2D eigenvalue weighted by Crippen LogP contribution is 2.27. The maximum Gasteiger partial charge on any atom is 0.336 e. The van der Waals surface area contributed by atoms with E-state index < -0.39 is 34.9 Å². The number of amides is 2. The van der Waals surface area contributed by atoms with Gasteiger partial charge in [0.25, 0.3) is 11.8 Å². The second-order valence-electron chi connectivity index (χ2n) is 9.01. The summed E-state index contributed by atoms with van der Waals surface area (Å²) < 4.78 is 0. The Morgan fingerprint density at radius 3 is 1.06 bits per heavy atom. The van der Waals surface area contributed by atoms with Crippen LogP contribution in [0.2, 0.25) is 0 Å². The SMILES string of the molecule is Cc1cc(C)c(NC(=O)c2cc(C(=O)Nc3c(C)cc(C)cc3C)c(C(=O)O)cc2C(=O)O)c(C)c1. The number of anilines is 2. The summed E-state index contributed by atoms with van der Waals surface area (Å²) in [5.74, 6) is -4.51. The minimum Gasteiger partial charge on any atom is -0.478 e. The molecule has 8 heteroatoms. The zero-order valence-electron chi connectivity index (χ0n) is 21.0. The molecule has 0 atom stereocenters. The molecule has 3 rings (SSSR count). The molecule has 36 heavy (non-hydrogen) atoms. The highest BCUT2D eigenvalue weighted by molar-refractivity contribution is 6.17. The average Bonchev–Trinajstić information content (AvgIpc) is 2.77. The zero-order valence-corrected chi connectivity index (χ0v) is 21.0. The smallest absolute Gasteiger partial charge is 0.336 e. The van der Waals surface area contributed by atoms with Gasteiger partial charge < -0.3 is 20.8 Å². The second-order valence-corrected chi connectivity index (χ2v) is 9.01. The Balaban J connectivity index is 2.12. The highest BCUT2D eigenvalue weighted by Gasteiger charge is 2.26. The van der Waals surface area contributed by atoms with Crippen LogP contribution in [0, 0.1) is 41.5 Å². The fourth-order valence-corrected chi connectivity index (χ4v) is 4.45. The van der Waals surface area contributed by atoms with Crippen molar-refractivity contribution in [3.05, 3.63) is 92.0 Å². The Labute approximate surface area is 209 Å². The van der Waals surface area contributed by atoms with Crippen LogP contribution in [0.4, 0.5) is 11.4 Å². The van der Waals surface area contributed by atoms with Gasteiger partial charge in [-0.05, 0) is 75.9 Å². The predicted octanol–water partition coefficient (Wildman–Crippen LogP) is 5.44. The van der Waals surface area contributed by atoms with Crippen molar-refractivity contribution in [1.82, 2.24) is 0 Å². The van der Waals surface area contributed by atoms with Crippen LogP contribution in [-0.2, 0) is 0 Å². The van der Waals surface area contributed by atoms with Gasteiger partial charge in [0.2, 0.25) is 0 Å². The Bertz CT molecular complexity index is 1290. The van der Waals surface area contributed by atoms with Crippen LogP contribution in [0.5, 0.6) is 0 Å². The molecule has 0 bridgehead atoms. The Kier molecular flexibility index (Phi) is 7.29. The number of aromatic carboxylic acids is 2. The van der Waals surface area contributed by atoms with Gasteiger partial charge >= 0.3 is 11.9 Å². The van der Waals surface area contributed by atoms with Crippen molar-refractivity contribution in [2.75, 3.05) is 10.6 Å². The average molecular weight is 489 g/mol. The van der Waals surface area contributed by atoms with Crippen molar-refractivity contribution in [2.24, 2.45) is 0 Å². The summed E-state index contributed by atoms with van der Waals surface area (Å²) >= 11 is 0. The van der Waals surface area contributed by atoms with Crippen molar-refractivity contribution < 1.29 is 29.4 Å². The summed E-state index contributed by atoms with van der Waals surface area (Å²) in [6.45, 7) is 11.1. The van der Waals surface area contributed by atoms with Gasteiger partial charge in [0, 0.05) is 11.4 Å². The minimum atomic E-state index is -1.49. The lowest BCUT2D eigenvalue weighted by Crippen LogP contribution is -2.23. The molecule has 3 aromatic rings. The molecule has 0 aliphatic carbocycles. The maximum atomic E-state index is 13.2. The third-order valence-corrected chi connectivity index (χ3v) is 5.94. The van der Waals surface area contributed by atoms with E-state index in [2.05, 4.69) is 10.6 Å². The van der Waals surface area contributed by atoms with Crippen LogP contribution in [-0.4, -0.2) is 34.0 Å². The summed E-state index contributed by atoms with van der Waals surface area (Å²) in [5, 5.41) is 24.9. The molecule has 3 aromatic carbocycles. The number of hydrogen-bond donors (Lipinski definition) is 4. The van der Waals surface area contributed by atoms with E-state index in [0.29, 0.717) is 11.4 Å². The number of carbonyl (C=O) groups excluding carboxylic acids is 2. The van der Waals surface area contributed by atoms with Crippen LogP contribution < -0.4 is 10.6 Å². The first kappa shape index (κ1) is 26.2. The summed E-state index contributed by atoms with van der Waals surface area (Å²) in [6.07, 6.45) is 0. The van der Waals surface area contributed by atoms with Crippen molar-refractivity contribution in [3.8, 4) is 0 Å². The summed E-state index contributed by atoms with van der Waals surface area (Å²) in [7, 11) is 0. The molecule has 8 nitrogen and oxygen atoms in total. The van der Waals surface area contributed by atoms with E-state index in [9.17, 15) is 29.4 Å². The van der Waals surface area contributed by atoms with Gasteiger partial charge in [0.15, 0.2) is 0 Å². The van der Waals surface area contributed by atoms with Gasteiger partial charge in [-0.1, -0.05) is 35.4 Å².